The first kappa shape index (κ1) is 15.0. The summed E-state index contributed by atoms with van der Waals surface area (Å²) < 4.78 is 41.3. The molecule has 2 aromatic rings. The lowest BCUT2D eigenvalue weighted by atomic mass is 10.1. The molecule has 0 aliphatic heterocycles. The van der Waals surface area contributed by atoms with Crippen molar-refractivity contribution in [1.29, 1.82) is 0 Å². The van der Waals surface area contributed by atoms with Gasteiger partial charge in [-0.15, -0.1) is 6.42 Å². The van der Waals surface area contributed by atoms with E-state index in [-0.39, 0.29) is 29.5 Å². The fraction of sp³-hybridized carbons (Fsp3) is 0.267. The summed E-state index contributed by atoms with van der Waals surface area (Å²) in [5, 5.41) is 0. The van der Waals surface area contributed by atoms with Gasteiger partial charge in [-0.3, -0.25) is 0 Å². The maximum atomic E-state index is 13.3. The van der Waals surface area contributed by atoms with Gasteiger partial charge in [-0.2, -0.15) is 0 Å². The van der Waals surface area contributed by atoms with Crippen molar-refractivity contribution in [3.05, 3.63) is 35.4 Å². The maximum Gasteiger partial charge on any atom is 0.194 e. The van der Waals surface area contributed by atoms with Crippen molar-refractivity contribution in [1.82, 2.24) is 9.55 Å². The second-order valence-electron chi connectivity index (χ2n) is 4.90. The number of anilines is 1. The number of imidazole rings is 1. The van der Waals surface area contributed by atoms with Crippen molar-refractivity contribution in [2.75, 3.05) is 5.73 Å². The van der Waals surface area contributed by atoms with E-state index in [9.17, 15) is 13.2 Å². The van der Waals surface area contributed by atoms with Gasteiger partial charge in [0.1, 0.15) is 17.3 Å². The molecule has 2 N–H and O–H groups in total. The van der Waals surface area contributed by atoms with Gasteiger partial charge in [0, 0.05) is 11.5 Å². The molecule has 0 radical (unpaired) electrons. The van der Waals surface area contributed by atoms with Crippen molar-refractivity contribution in [3.8, 4) is 23.6 Å². The summed E-state index contributed by atoms with van der Waals surface area (Å²) in [5.41, 5.74) is 6.22. The molecule has 6 heteroatoms. The molecule has 0 saturated carbocycles. The Hall–Kier alpha value is -2.42. The summed E-state index contributed by atoms with van der Waals surface area (Å²) in [7, 11) is 0. The van der Waals surface area contributed by atoms with Crippen LogP contribution >= 0.6 is 0 Å². The lowest BCUT2D eigenvalue weighted by Gasteiger charge is -2.08. The lowest BCUT2D eigenvalue weighted by Crippen LogP contribution is -2.07. The third-order valence-corrected chi connectivity index (χ3v) is 3.06. The number of hydrogen-bond acceptors (Lipinski definition) is 2. The fourth-order valence-corrected chi connectivity index (χ4v) is 2.09. The van der Waals surface area contributed by atoms with Crippen molar-refractivity contribution < 1.29 is 13.2 Å². The first-order valence-electron chi connectivity index (χ1n) is 6.31. The topological polar surface area (TPSA) is 43.8 Å². The first-order valence-corrected chi connectivity index (χ1v) is 6.31. The highest BCUT2D eigenvalue weighted by Gasteiger charge is 2.20. The second-order valence-corrected chi connectivity index (χ2v) is 4.90. The van der Waals surface area contributed by atoms with Crippen molar-refractivity contribution in [2.24, 2.45) is 0 Å². The van der Waals surface area contributed by atoms with Crippen molar-refractivity contribution in [2.45, 2.75) is 26.3 Å². The van der Waals surface area contributed by atoms with E-state index in [4.69, 9.17) is 12.2 Å². The van der Waals surface area contributed by atoms with E-state index in [2.05, 4.69) is 10.9 Å². The first-order chi connectivity index (χ1) is 9.86. The Balaban J connectivity index is 2.65. The Morgan fingerprint density at radius 2 is 1.86 bits per heavy atom. The summed E-state index contributed by atoms with van der Waals surface area (Å²) in [6.45, 7) is 3.98. The van der Waals surface area contributed by atoms with Crippen LogP contribution in [0.5, 0.6) is 0 Å². The van der Waals surface area contributed by atoms with Crippen LogP contribution < -0.4 is 5.73 Å². The van der Waals surface area contributed by atoms with Crippen LogP contribution in [0.25, 0.3) is 11.3 Å². The molecule has 21 heavy (non-hydrogen) atoms. The Morgan fingerprint density at radius 1 is 1.29 bits per heavy atom. The van der Waals surface area contributed by atoms with Crippen LogP contribution in [0.1, 0.15) is 25.6 Å². The molecule has 0 bridgehead atoms. The Bertz CT molecular complexity index is 703. The molecular formula is C15H14F3N3. The number of nitrogens with two attached hydrogens (primary N) is 1. The largest absolute Gasteiger partial charge is 0.383 e. The molecule has 0 unspecified atom stereocenters. The highest BCUT2D eigenvalue weighted by molar-refractivity contribution is 5.71. The molecule has 1 aromatic heterocycles. The average molecular weight is 293 g/mol. The number of hydrogen-bond donors (Lipinski definition) is 1. The van der Waals surface area contributed by atoms with Crippen LogP contribution in [0.3, 0.4) is 0 Å². The predicted molar refractivity (Wildman–Crippen MR) is 74.9 cm³/mol. The average Bonchev–Trinajstić information content (AvgIpc) is 2.74. The smallest absolute Gasteiger partial charge is 0.194 e. The predicted octanol–water partition coefficient (Wildman–Crippen LogP) is 3.31. The molecule has 0 atom stereocenters. The molecule has 0 fully saturated rings. The SMILES string of the molecule is C#CCn1c(C(C)C)nc(-c2cc(F)c(F)c(F)c2)c1N. The zero-order valence-corrected chi connectivity index (χ0v) is 11.6. The molecule has 0 spiro atoms. The number of nitrogens with zero attached hydrogens (tertiary/aromatic N) is 2. The molecule has 0 amide bonds. The summed E-state index contributed by atoms with van der Waals surface area (Å²) in [6, 6.07) is 1.73. The standard InChI is InChI=1S/C15H14F3N3/c1-4-5-21-14(19)13(20-15(21)8(2)3)9-6-10(16)12(18)11(17)7-9/h1,6-8H,5,19H2,2-3H3. The van der Waals surface area contributed by atoms with Crippen LogP contribution in [0.15, 0.2) is 12.1 Å². The summed E-state index contributed by atoms with van der Waals surface area (Å²) in [6.07, 6.45) is 5.29. The number of rotatable bonds is 3. The Kier molecular flexibility index (Phi) is 3.94. The third-order valence-electron chi connectivity index (χ3n) is 3.06. The Labute approximate surface area is 120 Å². The Morgan fingerprint density at radius 3 is 2.33 bits per heavy atom. The molecule has 1 heterocycles. The van der Waals surface area contributed by atoms with E-state index in [0.717, 1.165) is 12.1 Å². The van der Waals surface area contributed by atoms with Gasteiger partial charge in [0.05, 0.1) is 6.54 Å². The normalized spacial score (nSPS) is 10.9. The van der Waals surface area contributed by atoms with Gasteiger partial charge in [0.2, 0.25) is 0 Å². The van der Waals surface area contributed by atoms with Crippen LogP contribution in [-0.2, 0) is 6.54 Å². The van der Waals surface area contributed by atoms with Crippen molar-refractivity contribution >= 4 is 5.82 Å². The number of terminal acetylenes is 1. The van der Waals surface area contributed by atoms with Crippen LogP contribution in [-0.4, -0.2) is 9.55 Å². The van der Waals surface area contributed by atoms with Crippen LogP contribution in [0, 0.1) is 29.8 Å². The summed E-state index contributed by atoms with van der Waals surface area (Å²) >= 11 is 0. The van der Waals surface area contributed by atoms with Gasteiger partial charge < -0.3 is 10.3 Å². The molecule has 110 valence electrons. The maximum absolute atomic E-state index is 13.3. The van der Waals surface area contributed by atoms with Crippen LogP contribution in [0.4, 0.5) is 19.0 Å². The lowest BCUT2D eigenvalue weighted by molar-refractivity contribution is 0.447. The monoisotopic (exact) mass is 293 g/mol. The highest BCUT2D eigenvalue weighted by atomic mass is 19.2. The van der Waals surface area contributed by atoms with E-state index in [1.54, 1.807) is 4.57 Å². The van der Waals surface area contributed by atoms with Gasteiger partial charge in [0.15, 0.2) is 17.5 Å². The molecule has 1 aromatic carbocycles. The van der Waals surface area contributed by atoms with Gasteiger partial charge in [0.25, 0.3) is 0 Å². The van der Waals surface area contributed by atoms with Gasteiger partial charge in [-0.1, -0.05) is 19.8 Å². The fourth-order valence-electron chi connectivity index (χ4n) is 2.09. The third kappa shape index (κ3) is 2.59. The van der Waals surface area contributed by atoms with E-state index in [1.165, 1.54) is 0 Å². The zero-order chi connectivity index (χ0) is 15.7. The molecule has 0 aliphatic rings. The zero-order valence-electron chi connectivity index (χ0n) is 11.6. The molecule has 0 saturated heterocycles. The van der Waals surface area contributed by atoms with Gasteiger partial charge >= 0.3 is 0 Å². The van der Waals surface area contributed by atoms with Gasteiger partial charge in [-0.25, -0.2) is 18.2 Å². The van der Waals surface area contributed by atoms with Gasteiger partial charge in [-0.05, 0) is 12.1 Å². The molecular weight excluding hydrogens is 279 g/mol. The van der Waals surface area contributed by atoms with E-state index < -0.39 is 17.5 Å². The van der Waals surface area contributed by atoms with E-state index >= 15 is 0 Å². The molecule has 0 aliphatic carbocycles. The second kappa shape index (κ2) is 5.52. The number of aromatic nitrogens is 2. The minimum atomic E-state index is -1.52. The summed E-state index contributed by atoms with van der Waals surface area (Å²) in [5.74, 6) is -0.835. The van der Waals surface area contributed by atoms with E-state index in [1.807, 2.05) is 13.8 Å². The molecule has 3 nitrogen and oxygen atoms in total. The quantitative estimate of drug-likeness (QED) is 0.697. The minimum Gasteiger partial charge on any atom is -0.383 e. The number of halogens is 3. The number of nitrogen functional groups attached to an aromatic ring is 1. The molecule has 2 rings (SSSR count). The minimum absolute atomic E-state index is 0.0181. The summed E-state index contributed by atoms with van der Waals surface area (Å²) in [4.78, 5) is 4.30. The van der Waals surface area contributed by atoms with Crippen molar-refractivity contribution in [3.63, 3.8) is 0 Å². The highest BCUT2D eigenvalue weighted by Crippen LogP contribution is 2.31. The van der Waals surface area contributed by atoms with Crippen LogP contribution in [0.2, 0.25) is 0 Å². The van der Waals surface area contributed by atoms with E-state index in [0.29, 0.717) is 5.82 Å². The number of benzene rings is 1.